The van der Waals surface area contributed by atoms with Gasteiger partial charge in [0.15, 0.2) is 0 Å². The minimum Gasteiger partial charge on any atom is -0.508 e. The fourth-order valence-corrected chi connectivity index (χ4v) is 3.17. The van der Waals surface area contributed by atoms with Crippen molar-refractivity contribution in [3.8, 4) is 5.75 Å². The zero-order valence-electron chi connectivity index (χ0n) is 11.6. The Morgan fingerprint density at radius 3 is 2.44 bits per heavy atom. The van der Waals surface area contributed by atoms with E-state index in [2.05, 4.69) is 30.4 Å². The van der Waals surface area contributed by atoms with Gasteiger partial charge < -0.3 is 10.4 Å². The molecule has 18 heavy (non-hydrogen) atoms. The number of hydrogen-bond donors (Lipinski definition) is 2. The summed E-state index contributed by atoms with van der Waals surface area (Å²) in [6.45, 7) is 0. The third-order valence-corrected chi connectivity index (χ3v) is 4.46. The van der Waals surface area contributed by atoms with Crippen molar-refractivity contribution in [2.24, 2.45) is 0 Å². The van der Waals surface area contributed by atoms with Crippen LogP contribution in [0.5, 0.6) is 5.75 Å². The molecule has 3 heteroatoms. The molecule has 100 valence electrons. The number of rotatable bonds is 3. The normalized spacial score (nSPS) is 28.6. The SMILES string of the molecule is CNC1CCC(c2cccc(O)c2)(N(C)C)CC1. The van der Waals surface area contributed by atoms with Gasteiger partial charge in [0.1, 0.15) is 5.75 Å². The molecule has 0 unspecified atom stereocenters. The Balaban J connectivity index is 2.29. The monoisotopic (exact) mass is 248 g/mol. The van der Waals surface area contributed by atoms with Gasteiger partial charge in [0.05, 0.1) is 0 Å². The first kappa shape index (κ1) is 13.4. The predicted molar refractivity (Wildman–Crippen MR) is 74.8 cm³/mol. The predicted octanol–water partition coefficient (Wildman–Crippen LogP) is 2.31. The molecule has 3 nitrogen and oxygen atoms in total. The molecule has 1 aliphatic carbocycles. The van der Waals surface area contributed by atoms with E-state index < -0.39 is 0 Å². The van der Waals surface area contributed by atoms with Gasteiger partial charge in [-0.1, -0.05) is 12.1 Å². The summed E-state index contributed by atoms with van der Waals surface area (Å²) >= 11 is 0. The van der Waals surface area contributed by atoms with Crippen molar-refractivity contribution in [2.45, 2.75) is 37.3 Å². The van der Waals surface area contributed by atoms with E-state index in [4.69, 9.17) is 0 Å². The van der Waals surface area contributed by atoms with Gasteiger partial charge in [0.2, 0.25) is 0 Å². The molecule has 0 aliphatic heterocycles. The van der Waals surface area contributed by atoms with Gasteiger partial charge in [-0.15, -0.1) is 0 Å². The molecular formula is C15H24N2O. The second kappa shape index (κ2) is 5.29. The lowest BCUT2D eigenvalue weighted by molar-refractivity contribution is 0.0868. The average Bonchev–Trinajstić information content (AvgIpc) is 2.38. The maximum atomic E-state index is 9.71. The lowest BCUT2D eigenvalue weighted by Crippen LogP contribution is -2.47. The van der Waals surface area contributed by atoms with Crippen LogP contribution in [0, 0.1) is 0 Å². The van der Waals surface area contributed by atoms with E-state index in [1.807, 2.05) is 19.2 Å². The third kappa shape index (κ3) is 2.38. The summed E-state index contributed by atoms with van der Waals surface area (Å²) < 4.78 is 0. The van der Waals surface area contributed by atoms with Crippen LogP contribution in [-0.4, -0.2) is 37.2 Å². The van der Waals surface area contributed by atoms with E-state index in [-0.39, 0.29) is 5.54 Å². The molecule has 0 bridgehead atoms. The smallest absolute Gasteiger partial charge is 0.115 e. The molecule has 0 spiro atoms. The first-order valence-electron chi connectivity index (χ1n) is 6.73. The molecule has 0 saturated heterocycles. The average molecular weight is 248 g/mol. The number of aromatic hydroxyl groups is 1. The standard InChI is InChI=1S/C15H24N2O/c1-16-13-7-9-15(10-8-13,17(2)3)12-5-4-6-14(18)11-12/h4-6,11,13,16,18H,7-10H2,1-3H3. The number of phenolic OH excluding ortho intramolecular Hbond substituents is 1. The maximum Gasteiger partial charge on any atom is 0.115 e. The lowest BCUT2D eigenvalue weighted by Gasteiger charge is -2.45. The van der Waals surface area contributed by atoms with E-state index in [0.717, 1.165) is 12.8 Å². The molecule has 1 saturated carbocycles. The fraction of sp³-hybridized carbons (Fsp3) is 0.600. The van der Waals surface area contributed by atoms with E-state index in [1.54, 1.807) is 6.07 Å². The van der Waals surface area contributed by atoms with Crippen LogP contribution in [0.4, 0.5) is 0 Å². The molecule has 0 heterocycles. The largest absolute Gasteiger partial charge is 0.508 e. The quantitative estimate of drug-likeness (QED) is 0.861. The highest BCUT2D eigenvalue weighted by molar-refractivity contribution is 5.33. The van der Waals surface area contributed by atoms with Crippen molar-refractivity contribution in [1.82, 2.24) is 10.2 Å². The number of phenols is 1. The summed E-state index contributed by atoms with van der Waals surface area (Å²) in [4.78, 5) is 2.31. The highest BCUT2D eigenvalue weighted by atomic mass is 16.3. The molecule has 0 radical (unpaired) electrons. The zero-order valence-corrected chi connectivity index (χ0v) is 11.6. The molecule has 0 amide bonds. The molecule has 1 fully saturated rings. The van der Waals surface area contributed by atoms with Crippen molar-refractivity contribution in [1.29, 1.82) is 0 Å². The highest BCUT2D eigenvalue weighted by Gasteiger charge is 2.38. The number of hydrogen-bond acceptors (Lipinski definition) is 3. The van der Waals surface area contributed by atoms with E-state index >= 15 is 0 Å². The highest BCUT2D eigenvalue weighted by Crippen LogP contribution is 2.41. The molecule has 2 N–H and O–H groups in total. The minimum atomic E-state index is 0.0755. The Hall–Kier alpha value is -1.06. The number of nitrogens with zero attached hydrogens (tertiary/aromatic N) is 1. The Morgan fingerprint density at radius 1 is 1.28 bits per heavy atom. The minimum absolute atomic E-state index is 0.0755. The van der Waals surface area contributed by atoms with Crippen LogP contribution in [0.15, 0.2) is 24.3 Å². The van der Waals surface area contributed by atoms with Gasteiger partial charge in [-0.3, -0.25) is 4.90 Å². The third-order valence-electron chi connectivity index (χ3n) is 4.46. The topological polar surface area (TPSA) is 35.5 Å². The Bertz CT molecular complexity index is 395. The first-order valence-corrected chi connectivity index (χ1v) is 6.73. The van der Waals surface area contributed by atoms with Gasteiger partial charge in [0, 0.05) is 11.6 Å². The maximum absolute atomic E-state index is 9.71. The van der Waals surface area contributed by atoms with E-state index in [1.165, 1.54) is 18.4 Å². The molecule has 2 rings (SSSR count). The van der Waals surface area contributed by atoms with Crippen molar-refractivity contribution < 1.29 is 5.11 Å². The van der Waals surface area contributed by atoms with Crippen molar-refractivity contribution >= 4 is 0 Å². The summed E-state index contributed by atoms with van der Waals surface area (Å²) in [7, 11) is 6.33. The first-order chi connectivity index (χ1) is 8.58. The summed E-state index contributed by atoms with van der Waals surface area (Å²) in [6, 6.07) is 8.38. The zero-order chi connectivity index (χ0) is 13.2. The molecule has 0 aromatic heterocycles. The van der Waals surface area contributed by atoms with Crippen molar-refractivity contribution in [3.05, 3.63) is 29.8 Å². The van der Waals surface area contributed by atoms with Crippen molar-refractivity contribution in [3.63, 3.8) is 0 Å². The molecule has 1 aromatic rings. The summed E-state index contributed by atoms with van der Waals surface area (Å²) in [5.74, 6) is 0.365. The van der Waals surface area contributed by atoms with Crippen LogP contribution in [-0.2, 0) is 5.54 Å². The molecule has 0 atom stereocenters. The van der Waals surface area contributed by atoms with Crippen LogP contribution in [0.1, 0.15) is 31.2 Å². The summed E-state index contributed by atoms with van der Waals surface area (Å²) in [5, 5.41) is 13.1. The molecular weight excluding hydrogens is 224 g/mol. The van der Waals surface area contributed by atoms with Crippen LogP contribution in [0.25, 0.3) is 0 Å². The van der Waals surface area contributed by atoms with Crippen LogP contribution in [0.2, 0.25) is 0 Å². The molecule has 1 aromatic carbocycles. The Kier molecular flexibility index (Phi) is 3.93. The fourth-order valence-electron chi connectivity index (χ4n) is 3.17. The van der Waals surface area contributed by atoms with Gasteiger partial charge in [-0.2, -0.15) is 0 Å². The summed E-state index contributed by atoms with van der Waals surface area (Å²) in [5.41, 5.74) is 1.31. The Labute approximate surface area is 110 Å². The van der Waals surface area contributed by atoms with Crippen LogP contribution >= 0.6 is 0 Å². The summed E-state index contributed by atoms with van der Waals surface area (Å²) in [6.07, 6.45) is 4.64. The van der Waals surface area contributed by atoms with Crippen LogP contribution in [0.3, 0.4) is 0 Å². The number of benzene rings is 1. The van der Waals surface area contributed by atoms with Crippen molar-refractivity contribution in [2.75, 3.05) is 21.1 Å². The second-order valence-corrected chi connectivity index (χ2v) is 5.54. The van der Waals surface area contributed by atoms with Gasteiger partial charge in [-0.25, -0.2) is 0 Å². The van der Waals surface area contributed by atoms with E-state index in [0.29, 0.717) is 11.8 Å². The number of nitrogens with one attached hydrogen (secondary N) is 1. The van der Waals surface area contributed by atoms with Gasteiger partial charge in [-0.05, 0) is 64.5 Å². The lowest BCUT2D eigenvalue weighted by atomic mass is 9.74. The van der Waals surface area contributed by atoms with Gasteiger partial charge >= 0.3 is 0 Å². The van der Waals surface area contributed by atoms with E-state index in [9.17, 15) is 5.11 Å². The van der Waals surface area contributed by atoms with Crippen LogP contribution < -0.4 is 5.32 Å². The van der Waals surface area contributed by atoms with Gasteiger partial charge in [0.25, 0.3) is 0 Å². The Morgan fingerprint density at radius 2 is 1.94 bits per heavy atom. The second-order valence-electron chi connectivity index (χ2n) is 5.54. The molecule has 1 aliphatic rings.